The molecule has 0 saturated carbocycles. The van der Waals surface area contributed by atoms with E-state index in [1.807, 2.05) is 11.9 Å². The van der Waals surface area contributed by atoms with Gasteiger partial charge in [0.1, 0.15) is 5.69 Å². The summed E-state index contributed by atoms with van der Waals surface area (Å²) >= 11 is 5.96. The summed E-state index contributed by atoms with van der Waals surface area (Å²) in [5.74, 6) is 0.0538. The lowest BCUT2D eigenvalue weighted by molar-refractivity contribution is 0.0679. The second-order valence-corrected chi connectivity index (χ2v) is 5.94. The maximum Gasteiger partial charge on any atom is 0.270 e. The average Bonchev–Trinajstić information content (AvgIpc) is 2.94. The second kappa shape index (κ2) is 5.97. The molecule has 5 heteroatoms. The molecular weight excluding hydrogens is 262 g/mol. The molecule has 0 bridgehead atoms. The first-order valence-electron chi connectivity index (χ1n) is 6.85. The van der Waals surface area contributed by atoms with Gasteiger partial charge in [0.05, 0.1) is 5.02 Å². The van der Waals surface area contributed by atoms with Crippen molar-refractivity contribution in [1.29, 1.82) is 0 Å². The van der Waals surface area contributed by atoms with Gasteiger partial charge in [-0.2, -0.15) is 0 Å². The highest BCUT2D eigenvalue weighted by atomic mass is 35.5. The van der Waals surface area contributed by atoms with Crippen LogP contribution in [0.5, 0.6) is 0 Å². The number of aromatic nitrogens is 1. The standard InChI is InChI=1S/C14H22ClN3O/c1-10(2)18(9-12-5-4-6-16-12)14(19)13-7-11(15)8-17(13)3/h7-8,10,12,16H,4-6,9H2,1-3H3. The SMILES string of the molecule is CC(C)N(CC1CCCN1)C(=O)c1cc(Cl)cn1C. The fraction of sp³-hybridized carbons (Fsp3) is 0.643. The van der Waals surface area contributed by atoms with Gasteiger partial charge in [-0.05, 0) is 39.3 Å². The number of nitrogens with one attached hydrogen (secondary N) is 1. The molecule has 1 aromatic rings. The number of hydrogen-bond acceptors (Lipinski definition) is 2. The van der Waals surface area contributed by atoms with E-state index in [0.717, 1.165) is 19.5 Å². The van der Waals surface area contributed by atoms with Gasteiger partial charge in [-0.15, -0.1) is 0 Å². The van der Waals surface area contributed by atoms with Crippen LogP contribution < -0.4 is 5.32 Å². The lowest BCUT2D eigenvalue weighted by Gasteiger charge is -2.29. The molecular formula is C14H22ClN3O. The molecule has 2 heterocycles. The molecule has 4 nitrogen and oxygen atoms in total. The van der Waals surface area contributed by atoms with Crippen LogP contribution in [0.1, 0.15) is 37.2 Å². The number of hydrogen-bond donors (Lipinski definition) is 1. The third-order valence-electron chi connectivity index (χ3n) is 3.65. The number of aryl methyl sites for hydroxylation is 1. The van der Waals surface area contributed by atoms with E-state index < -0.39 is 0 Å². The summed E-state index contributed by atoms with van der Waals surface area (Å²) in [6.07, 6.45) is 4.10. The van der Waals surface area contributed by atoms with Gasteiger partial charge in [-0.25, -0.2) is 0 Å². The Morgan fingerprint density at radius 3 is 2.84 bits per heavy atom. The van der Waals surface area contributed by atoms with E-state index in [-0.39, 0.29) is 11.9 Å². The lowest BCUT2D eigenvalue weighted by Crippen LogP contribution is -2.45. The van der Waals surface area contributed by atoms with Crippen molar-refractivity contribution in [3.63, 3.8) is 0 Å². The third-order valence-corrected chi connectivity index (χ3v) is 3.86. The highest BCUT2D eigenvalue weighted by Gasteiger charge is 2.25. The number of nitrogens with zero attached hydrogens (tertiary/aromatic N) is 2. The zero-order valence-electron chi connectivity index (χ0n) is 11.8. The number of halogens is 1. The minimum atomic E-state index is 0.0538. The van der Waals surface area contributed by atoms with Crippen molar-refractivity contribution < 1.29 is 4.79 Å². The minimum absolute atomic E-state index is 0.0538. The van der Waals surface area contributed by atoms with Crippen molar-refractivity contribution in [3.05, 3.63) is 23.0 Å². The first kappa shape index (κ1) is 14.4. The molecule has 0 spiro atoms. The molecule has 1 aliphatic rings. The molecule has 1 aromatic heterocycles. The Morgan fingerprint density at radius 2 is 2.37 bits per heavy atom. The lowest BCUT2D eigenvalue weighted by atomic mass is 10.1. The Morgan fingerprint density at radius 1 is 1.63 bits per heavy atom. The van der Waals surface area contributed by atoms with Gasteiger partial charge in [0, 0.05) is 31.9 Å². The molecule has 0 radical (unpaired) electrons. The van der Waals surface area contributed by atoms with Gasteiger partial charge in [0.15, 0.2) is 0 Å². The van der Waals surface area contributed by atoms with Gasteiger partial charge < -0.3 is 14.8 Å². The molecule has 19 heavy (non-hydrogen) atoms. The van der Waals surface area contributed by atoms with Crippen LogP contribution in [0, 0.1) is 0 Å². The van der Waals surface area contributed by atoms with E-state index in [9.17, 15) is 4.79 Å². The van der Waals surface area contributed by atoms with Crippen molar-refractivity contribution >= 4 is 17.5 Å². The molecule has 106 valence electrons. The smallest absolute Gasteiger partial charge is 0.270 e. The van der Waals surface area contributed by atoms with E-state index in [0.29, 0.717) is 16.8 Å². The van der Waals surface area contributed by atoms with Crippen LogP contribution in [-0.2, 0) is 7.05 Å². The zero-order chi connectivity index (χ0) is 14.0. The van der Waals surface area contributed by atoms with Crippen molar-refractivity contribution in [1.82, 2.24) is 14.8 Å². The van der Waals surface area contributed by atoms with Crippen molar-refractivity contribution in [2.75, 3.05) is 13.1 Å². The van der Waals surface area contributed by atoms with Gasteiger partial charge in [0.25, 0.3) is 5.91 Å². The van der Waals surface area contributed by atoms with E-state index in [2.05, 4.69) is 19.2 Å². The summed E-state index contributed by atoms with van der Waals surface area (Å²) in [6.45, 7) is 5.93. The fourth-order valence-corrected chi connectivity index (χ4v) is 2.81. The normalized spacial score (nSPS) is 19.1. The number of carbonyl (C=O) groups excluding carboxylic acids is 1. The number of amides is 1. The number of rotatable bonds is 4. The van der Waals surface area contributed by atoms with E-state index >= 15 is 0 Å². The summed E-state index contributed by atoms with van der Waals surface area (Å²) in [4.78, 5) is 14.6. The Kier molecular flexibility index (Phi) is 4.53. The molecule has 1 amide bonds. The quantitative estimate of drug-likeness (QED) is 0.920. The van der Waals surface area contributed by atoms with Crippen LogP contribution in [0.15, 0.2) is 12.3 Å². The predicted octanol–water partition coefficient (Wildman–Crippen LogP) is 2.28. The van der Waals surface area contributed by atoms with Gasteiger partial charge >= 0.3 is 0 Å². The second-order valence-electron chi connectivity index (χ2n) is 5.50. The molecule has 1 atom stereocenters. The highest BCUT2D eigenvalue weighted by Crippen LogP contribution is 2.17. The van der Waals surface area contributed by atoms with Crippen LogP contribution in [0.25, 0.3) is 0 Å². The molecule has 1 saturated heterocycles. The molecule has 1 fully saturated rings. The molecule has 2 rings (SSSR count). The molecule has 1 aliphatic heterocycles. The first-order valence-corrected chi connectivity index (χ1v) is 7.23. The van der Waals surface area contributed by atoms with Crippen molar-refractivity contribution in [3.8, 4) is 0 Å². The van der Waals surface area contributed by atoms with Crippen LogP contribution >= 0.6 is 11.6 Å². The zero-order valence-corrected chi connectivity index (χ0v) is 12.6. The molecule has 0 aliphatic carbocycles. The fourth-order valence-electron chi connectivity index (χ4n) is 2.56. The topological polar surface area (TPSA) is 37.3 Å². The van der Waals surface area contributed by atoms with Crippen LogP contribution in [0.3, 0.4) is 0 Å². The van der Waals surface area contributed by atoms with Gasteiger partial charge in [-0.1, -0.05) is 11.6 Å². The first-order chi connectivity index (χ1) is 8.99. The minimum Gasteiger partial charge on any atom is -0.345 e. The van der Waals surface area contributed by atoms with E-state index in [1.54, 1.807) is 16.8 Å². The molecule has 1 N–H and O–H groups in total. The Balaban J connectivity index is 2.14. The Bertz CT molecular complexity index is 450. The molecule has 1 unspecified atom stereocenters. The number of carbonyl (C=O) groups is 1. The maximum absolute atomic E-state index is 12.6. The largest absolute Gasteiger partial charge is 0.345 e. The van der Waals surface area contributed by atoms with Crippen LogP contribution in [0.2, 0.25) is 5.02 Å². The Labute approximate surface area is 119 Å². The highest BCUT2D eigenvalue weighted by molar-refractivity contribution is 6.31. The summed E-state index contributed by atoms with van der Waals surface area (Å²) in [7, 11) is 1.85. The Hall–Kier alpha value is -1.00. The average molecular weight is 284 g/mol. The molecule has 0 aromatic carbocycles. The summed E-state index contributed by atoms with van der Waals surface area (Å²) < 4.78 is 1.79. The predicted molar refractivity (Wildman–Crippen MR) is 77.6 cm³/mol. The van der Waals surface area contributed by atoms with Crippen molar-refractivity contribution in [2.24, 2.45) is 7.05 Å². The monoisotopic (exact) mass is 283 g/mol. The van der Waals surface area contributed by atoms with Crippen LogP contribution in [0.4, 0.5) is 0 Å². The van der Waals surface area contributed by atoms with Crippen LogP contribution in [-0.4, -0.2) is 40.5 Å². The van der Waals surface area contributed by atoms with E-state index in [1.165, 1.54) is 6.42 Å². The summed E-state index contributed by atoms with van der Waals surface area (Å²) in [6, 6.07) is 2.34. The third kappa shape index (κ3) is 3.31. The van der Waals surface area contributed by atoms with E-state index in [4.69, 9.17) is 11.6 Å². The summed E-state index contributed by atoms with van der Waals surface area (Å²) in [5, 5.41) is 4.05. The van der Waals surface area contributed by atoms with Gasteiger partial charge in [-0.3, -0.25) is 4.79 Å². The maximum atomic E-state index is 12.6. The summed E-state index contributed by atoms with van der Waals surface area (Å²) in [5.41, 5.74) is 0.650. The van der Waals surface area contributed by atoms with Crippen molar-refractivity contribution in [2.45, 2.75) is 38.8 Å². The van der Waals surface area contributed by atoms with Gasteiger partial charge in [0.2, 0.25) is 0 Å².